The van der Waals surface area contributed by atoms with E-state index in [4.69, 9.17) is 11.6 Å². The lowest BCUT2D eigenvalue weighted by atomic mass is 9.63. The number of aromatic hydroxyl groups is 1. The highest BCUT2D eigenvalue weighted by Gasteiger charge is 2.65. The van der Waals surface area contributed by atoms with E-state index < -0.39 is 41.0 Å². The van der Waals surface area contributed by atoms with Crippen LogP contribution in [0, 0.1) is 11.7 Å². The number of alkyl halides is 3. The molecule has 4 atom stereocenters. The minimum absolute atomic E-state index is 0.0685. The lowest BCUT2D eigenvalue weighted by Gasteiger charge is -2.49. The van der Waals surface area contributed by atoms with Crippen molar-refractivity contribution < 1.29 is 27.8 Å². The van der Waals surface area contributed by atoms with Gasteiger partial charge in [-0.3, -0.25) is 9.36 Å². The van der Waals surface area contributed by atoms with Crippen molar-refractivity contribution >= 4 is 28.2 Å². The van der Waals surface area contributed by atoms with Gasteiger partial charge in [0.25, 0.3) is 5.56 Å². The molecule has 4 unspecified atom stereocenters. The number of fused-ring (bicyclic) bond motifs is 2. The van der Waals surface area contributed by atoms with Crippen molar-refractivity contribution in [1.29, 1.82) is 0 Å². The molecule has 1 aliphatic rings. The zero-order chi connectivity index (χ0) is 30.0. The van der Waals surface area contributed by atoms with E-state index in [-0.39, 0.29) is 33.8 Å². The van der Waals surface area contributed by atoms with Crippen LogP contribution >= 0.6 is 11.6 Å². The Morgan fingerprint density at radius 3 is 2.29 bits per heavy atom. The van der Waals surface area contributed by atoms with E-state index in [1.807, 2.05) is 13.8 Å². The highest BCUT2D eigenvalue weighted by atomic mass is 35.5. The summed E-state index contributed by atoms with van der Waals surface area (Å²) in [6, 6.07) is 12.3. The number of aliphatic hydroxyl groups is 1. The molecule has 0 saturated carbocycles. The SMILES string of the molecule is CC(C)c1cc(O)c2c(c1)C(Nc1ccc(F)c3c1ccc(=O)n3-c1ccc(Cl)cc1)C(O)(C(F)(F)F)C(C)C2C. The van der Waals surface area contributed by atoms with Gasteiger partial charge in [0.2, 0.25) is 0 Å². The molecule has 1 heterocycles. The van der Waals surface area contributed by atoms with E-state index in [1.54, 1.807) is 19.1 Å². The number of anilines is 1. The van der Waals surface area contributed by atoms with Gasteiger partial charge >= 0.3 is 6.18 Å². The number of pyridine rings is 1. The van der Waals surface area contributed by atoms with Crippen LogP contribution in [0.25, 0.3) is 16.6 Å². The molecule has 0 aliphatic heterocycles. The fourth-order valence-electron chi connectivity index (χ4n) is 5.94. The Bertz CT molecular complexity index is 1700. The van der Waals surface area contributed by atoms with Crippen LogP contribution in [0.15, 0.2) is 65.5 Å². The van der Waals surface area contributed by atoms with E-state index in [2.05, 4.69) is 5.32 Å². The van der Waals surface area contributed by atoms with Crippen molar-refractivity contribution in [1.82, 2.24) is 4.57 Å². The fraction of sp³-hybridized carbons (Fsp3) is 0.323. The van der Waals surface area contributed by atoms with E-state index in [0.29, 0.717) is 21.8 Å². The zero-order valence-electron chi connectivity index (χ0n) is 22.7. The van der Waals surface area contributed by atoms with E-state index in [9.17, 15) is 28.2 Å². The van der Waals surface area contributed by atoms with Crippen LogP contribution in [0.2, 0.25) is 5.02 Å². The summed E-state index contributed by atoms with van der Waals surface area (Å²) >= 11 is 5.99. The van der Waals surface area contributed by atoms with Gasteiger partial charge in [0, 0.05) is 39.3 Å². The Hall–Kier alpha value is -3.56. The topological polar surface area (TPSA) is 74.5 Å². The molecule has 4 aromatic rings. The molecule has 1 aliphatic carbocycles. The standard InChI is InChI=1S/C31H29ClF4N2O3/c1-15(2)18-13-22-27(25(39)14-18)16(3)17(4)30(41,31(34,35)36)29(22)37-24-11-10-23(33)28-21(24)9-12-26(40)38(28)20-7-5-19(32)6-8-20/h5-17,29,37,39,41H,1-4H3. The van der Waals surface area contributed by atoms with Gasteiger partial charge < -0.3 is 15.5 Å². The van der Waals surface area contributed by atoms with E-state index in [1.165, 1.54) is 49.4 Å². The average Bonchev–Trinajstić information content (AvgIpc) is 2.90. The molecule has 3 N–H and O–H groups in total. The van der Waals surface area contributed by atoms with Crippen LogP contribution in [0.4, 0.5) is 23.2 Å². The molecule has 0 saturated heterocycles. The predicted octanol–water partition coefficient (Wildman–Crippen LogP) is 7.81. The first-order valence-electron chi connectivity index (χ1n) is 13.2. The number of hydrogen-bond donors (Lipinski definition) is 3. The Labute approximate surface area is 239 Å². The summed E-state index contributed by atoms with van der Waals surface area (Å²) in [7, 11) is 0. The maximum Gasteiger partial charge on any atom is 0.419 e. The molecule has 0 amide bonds. The second kappa shape index (κ2) is 10.1. The molecule has 41 heavy (non-hydrogen) atoms. The third-order valence-corrected chi connectivity index (χ3v) is 8.62. The monoisotopic (exact) mass is 588 g/mol. The summed E-state index contributed by atoms with van der Waals surface area (Å²) in [4.78, 5) is 12.9. The third kappa shape index (κ3) is 4.55. The van der Waals surface area contributed by atoms with Gasteiger partial charge in [0.15, 0.2) is 5.60 Å². The molecule has 0 bridgehead atoms. The number of hydrogen-bond acceptors (Lipinski definition) is 4. The van der Waals surface area contributed by atoms with Crippen molar-refractivity contribution in [3.05, 3.63) is 98.5 Å². The Morgan fingerprint density at radius 1 is 1.02 bits per heavy atom. The summed E-state index contributed by atoms with van der Waals surface area (Å²) in [5.41, 5.74) is -2.59. The van der Waals surface area contributed by atoms with Gasteiger partial charge in [-0.15, -0.1) is 0 Å². The van der Waals surface area contributed by atoms with Gasteiger partial charge in [-0.25, -0.2) is 4.39 Å². The van der Waals surface area contributed by atoms with Crippen molar-refractivity contribution in [3.63, 3.8) is 0 Å². The molecule has 10 heteroatoms. The molecular weight excluding hydrogens is 560 g/mol. The van der Waals surface area contributed by atoms with Crippen molar-refractivity contribution in [2.45, 2.75) is 57.3 Å². The number of aromatic nitrogens is 1. The summed E-state index contributed by atoms with van der Waals surface area (Å²) in [5.74, 6) is -3.24. The Kier molecular flexibility index (Phi) is 7.11. The third-order valence-electron chi connectivity index (χ3n) is 8.37. The zero-order valence-corrected chi connectivity index (χ0v) is 23.5. The number of benzene rings is 3. The molecule has 5 rings (SSSR count). The molecule has 1 aromatic heterocycles. The summed E-state index contributed by atoms with van der Waals surface area (Å²) in [6.45, 7) is 6.53. The molecule has 216 valence electrons. The van der Waals surface area contributed by atoms with Crippen LogP contribution < -0.4 is 10.9 Å². The first kappa shape index (κ1) is 29.0. The molecular formula is C31H29ClF4N2O3. The van der Waals surface area contributed by atoms with Gasteiger partial charge in [-0.05, 0) is 71.5 Å². The minimum Gasteiger partial charge on any atom is -0.508 e. The van der Waals surface area contributed by atoms with E-state index >= 15 is 4.39 Å². The van der Waals surface area contributed by atoms with Crippen LogP contribution in [-0.2, 0) is 0 Å². The lowest BCUT2D eigenvalue weighted by molar-refractivity contribution is -0.289. The summed E-state index contributed by atoms with van der Waals surface area (Å²) in [6.07, 6.45) is -5.07. The smallest absolute Gasteiger partial charge is 0.419 e. The highest BCUT2D eigenvalue weighted by Crippen LogP contribution is 2.57. The normalized spacial score (nSPS) is 22.7. The molecule has 0 spiro atoms. The predicted molar refractivity (Wildman–Crippen MR) is 152 cm³/mol. The number of halogens is 5. The Balaban J connectivity index is 1.78. The van der Waals surface area contributed by atoms with Crippen molar-refractivity contribution in [3.8, 4) is 11.4 Å². The van der Waals surface area contributed by atoms with Gasteiger partial charge in [0.05, 0.1) is 11.6 Å². The van der Waals surface area contributed by atoms with Crippen LogP contribution in [0.1, 0.15) is 62.3 Å². The summed E-state index contributed by atoms with van der Waals surface area (Å²) in [5, 5.41) is 25.9. The lowest BCUT2D eigenvalue weighted by Crippen LogP contribution is -2.60. The van der Waals surface area contributed by atoms with Crippen molar-refractivity contribution in [2.75, 3.05) is 5.32 Å². The van der Waals surface area contributed by atoms with Crippen molar-refractivity contribution in [2.24, 2.45) is 5.92 Å². The molecule has 3 aromatic carbocycles. The van der Waals surface area contributed by atoms with Gasteiger partial charge in [-0.1, -0.05) is 45.4 Å². The second-order valence-corrected chi connectivity index (χ2v) is 11.5. The number of nitrogens with zero attached hydrogens (tertiary/aromatic N) is 1. The average molecular weight is 589 g/mol. The van der Waals surface area contributed by atoms with E-state index in [0.717, 1.165) is 10.6 Å². The maximum absolute atomic E-state index is 15.4. The highest BCUT2D eigenvalue weighted by molar-refractivity contribution is 6.30. The number of phenolic OH excluding ortho intramolecular Hbond substituents is 1. The fourth-order valence-corrected chi connectivity index (χ4v) is 6.06. The van der Waals surface area contributed by atoms with Crippen LogP contribution in [-0.4, -0.2) is 26.6 Å². The molecule has 0 radical (unpaired) electrons. The van der Waals surface area contributed by atoms with Crippen LogP contribution in [0.5, 0.6) is 5.75 Å². The van der Waals surface area contributed by atoms with Gasteiger partial charge in [0.1, 0.15) is 11.6 Å². The minimum atomic E-state index is -5.07. The first-order valence-corrected chi connectivity index (χ1v) is 13.6. The van der Waals surface area contributed by atoms with Gasteiger partial charge in [-0.2, -0.15) is 13.2 Å². The second-order valence-electron chi connectivity index (χ2n) is 11.0. The number of nitrogens with one attached hydrogen (secondary N) is 1. The summed E-state index contributed by atoms with van der Waals surface area (Å²) < 4.78 is 61.0. The number of rotatable bonds is 4. The Morgan fingerprint density at radius 2 is 1.68 bits per heavy atom. The largest absolute Gasteiger partial charge is 0.508 e. The quantitative estimate of drug-likeness (QED) is 0.213. The van der Waals surface area contributed by atoms with Crippen LogP contribution in [0.3, 0.4) is 0 Å². The first-order chi connectivity index (χ1) is 19.2. The number of phenols is 1. The molecule has 5 nitrogen and oxygen atoms in total. The molecule has 0 fully saturated rings. The maximum atomic E-state index is 15.4.